The Hall–Kier alpha value is -4.71. The van der Waals surface area contributed by atoms with Crippen LogP contribution in [0, 0.1) is 20.2 Å². The van der Waals surface area contributed by atoms with Crippen LogP contribution in [0.2, 0.25) is 5.02 Å². The van der Waals surface area contributed by atoms with E-state index in [1.807, 2.05) is 6.07 Å². The van der Waals surface area contributed by atoms with Crippen LogP contribution in [0.25, 0.3) is 10.9 Å². The van der Waals surface area contributed by atoms with Crippen molar-refractivity contribution in [2.75, 3.05) is 0 Å². The Morgan fingerprint density at radius 3 is 2.51 bits per heavy atom. The smallest absolute Gasteiger partial charge is 0.313 e. The van der Waals surface area contributed by atoms with Crippen LogP contribution < -0.4 is 10.3 Å². The highest BCUT2D eigenvalue weighted by Gasteiger charge is 2.24. The normalized spacial score (nSPS) is 14.1. The van der Waals surface area contributed by atoms with Gasteiger partial charge in [0.05, 0.1) is 32.0 Å². The molecule has 2 aromatic carbocycles. The number of hydrogen-bond acceptors (Lipinski definition) is 9. The zero-order valence-corrected chi connectivity index (χ0v) is 21.2. The summed E-state index contributed by atoms with van der Waals surface area (Å²) in [6, 6.07) is 12.0. The van der Waals surface area contributed by atoms with Gasteiger partial charge in [-0.3, -0.25) is 25.0 Å². The van der Waals surface area contributed by atoms with Crippen LogP contribution in [0.3, 0.4) is 0 Å². The van der Waals surface area contributed by atoms with E-state index >= 15 is 0 Å². The van der Waals surface area contributed by atoms with Gasteiger partial charge in [-0.2, -0.15) is 9.78 Å². The van der Waals surface area contributed by atoms with Gasteiger partial charge in [-0.05, 0) is 31.0 Å². The van der Waals surface area contributed by atoms with Gasteiger partial charge in [0.2, 0.25) is 11.6 Å². The minimum atomic E-state index is -0.679. The number of benzene rings is 2. The van der Waals surface area contributed by atoms with Crippen molar-refractivity contribution in [2.24, 2.45) is 5.10 Å². The number of nitro benzene ring substituents is 1. The lowest BCUT2D eigenvalue weighted by Crippen LogP contribution is -2.25. The van der Waals surface area contributed by atoms with Crippen molar-refractivity contribution in [3.05, 3.63) is 102 Å². The lowest BCUT2D eigenvalue weighted by Gasteiger charge is -2.22. The first-order valence-corrected chi connectivity index (χ1v) is 12.5. The Morgan fingerprint density at radius 1 is 1.05 bits per heavy atom. The topological polar surface area (TPSA) is 156 Å². The quantitative estimate of drug-likeness (QED) is 0.155. The molecule has 0 N–H and O–H groups in total. The molecule has 198 valence electrons. The highest BCUT2D eigenvalue weighted by atomic mass is 35.5. The van der Waals surface area contributed by atoms with Gasteiger partial charge in [-0.15, -0.1) is 0 Å². The van der Waals surface area contributed by atoms with Crippen molar-refractivity contribution in [2.45, 2.75) is 38.0 Å². The van der Waals surface area contributed by atoms with Gasteiger partial charge in [-0.1, -0.05) is 43.0 Å². The maximum absolute atomic E-state index is 13.4. The van der Waals surface area contributed by atoms with Crippen LogP contribution in [-0.2, 0) is 0 Å². The average molecular weight is 549 g/mol. The number of fused-ring (bicyclic) bond motifs is 1. The number of halogens is 1. The molecule has 12 nitrogen and oxygen atoms in total. The number of nitro groups is 2. The zero-order valence-electron chi connectivity index (χ0n) is 20.4. The molecule has 5 rings (SSSR count). The van der Waals surface area contributed by atoms with E-state index in [-0.39, 0.29) is 39.4 Å². The first kappa shape index (κ1) is 25.9. The summed E-state index contributed by atoms with van der Waals surface area (Å²) in [5, 5.41) is 27.4. The molecule has 0 atom stereocenters. The molecule has 1 aliphatic rings. The Labute approximate surface area is 225 Å². The van der Waals surface area contributed by atoms with Gasteiger partial charge < -0.3 is 4.74 Å². The number of nitrogens with zero attached hydrogens (tertiary/aromatic N) is 6. The van der Waals surface area contributed by atoms with Crippen molar-refractivity contribution in [1.82, 2.24) is 14.6 Å². The van der Waals surface area contributed by atoms with Crippen molar-refractivity contribution >= 4 is 40.1 Å². The van der Waals surface area contributed by atoms with Crippen LogP contribution in [-0.4, -0.2) is 30.7 Å². The average Bonchev–Trinajstić information content (AvgIpc) is 2.94. The number of ether oxygens (including phenoxy) is 1. The molecule has 1 saturated carbocycles. The third kappa shape index (κ3) is 5.46. The third-order valence-corrected chi connectivity index (χ3v) is 6.73. The maximum Gasteiger partial charge on any atom is 0.313 e. The minimum Gasteiger partial charge on any atom is -0.430 e. The predicted molar refractivity (Wildman–Crippen MR) is 144 cm³/mol. The van der Waals surface area contributed by atoms with E-state index in [9.17, 15) is 25.0 Å². The summed E-state index contributed by atoms with van der Waals surface area (Å²) in [6.07, 6.45) is 7.25. The SMILES string of the molecule is O=c1c2ccccc2nc(C2CCCCC2)n1N=Cc1cc(Cl)c(Oc2ccc([N+](=O)[O-])cn2)c([N+](=O)[O-])c1. The number of aromatic nitrogens is 3. The fourth-order valence-electron chi connectivity index (χ4n) is 4.56. The number of para-hydroxylation sites is 1. The number of pyridine rings is 1. The molecule has 1 aliphatic carbocycles. The van der Waals surface area contributed by atoms with Crippen LogP contribution in [0.1, 0.15) is 49.4 Å². The third-order valence-electron chi connectivity index (χ3n) is 6.45. The van der Waals surface area contributed by atoms with Gasteiger partial charge >= 0.3 is 5.69 Å². The lowest BCUT2D eigenvalue weighted by molar-refractivity contribution is -0.385. The van der Waals surface area contributed by atoms with E-state index in [0.717, 1.165) is 44.4 Å². The van der Waals surface area contributed by atoms with Gasteiger partial charge in [0.25, 0.3) is 11.2 Å². The molecule has 0 aliphatic heterocycles. The van der Waals surface area contributed by atoms with Gasteiger partial charge in [0.15, 0.2) is 0 Å². The molecule has 2 aromatic heterocycles. The molecular formula is C26H21ClN6O6. The van der Waals surface area contributed by atoms with E-state index in [0.29, 0.717) is 16.7 Å². The maximum atomic E-state index is 13.4. The lowest BCUT2D eigenvalue weighted by atomic mass is 9.88. The Balaban J connectivity index is 1.53. The Kier molecular flexibility index (Phi) is 7.28. The fourth-order valence-corrected chi connectivity index (χ4v) is 4.82. The largest absolute Gasteiger partial charge is 0.430 e. The highest BCUT2D eigenvalue weighted by molar-refractivity contribution is 6.32. The number of rotatable bonds is 7. The van der Waals surface area contributed by atoms with Crippen molar-refractivity contribution in [3.63, 3.8) is 0 Å². The second-order valence-corrected chi connectivity index (χ2v) is 9.41. The summed E-state index contributed by atoms with van der Waals surface area (Å²) < 4.78 is 6.77. The van der Waals surface area contributed by atoms with Crippen molar-refractivity contribution in [1.29, 1.82) is 0 Å². The van der Waals surface area contributed by atoms with Crippen molar-refractivity contribution < 1.29 is 14.6 Å². The molecule has 13 heteroatoms. The van der Waals surface area contributed by atoms with Crippen LogP contribution in [0.15, 0.2) is 64.6 Å². The van der Waals surface area contributed by atoms with Crippen LogP contribution in [0.4, 0.5) is 11.4 Å². The van der Waals surface area contributed by atoms with E-state index in [1.54, 1.807) is 18.2 Å². The summed E-state index contributed by atoms with van der Waals surface area (Å²) >= 11 is 6.35. The molecule has 0 radical (unpaired) electrons. The molecule has 1 fully saturated rings. The fraction of sp³-hybridized carbons (Fsp3) is 0.231. The first-order valence-electron chi connectivity index (χ1n) is 12.1. The van der Waals surface area contributed by atoms with Crippen LogP contribution >= 0.6 is 11.6 Å². The molecule has 0 unspecified atom stereocenters. The molecule has 0 saturated heterocycles. The van der Waals surface area contributed by atoms with Gasteiger partial charge in [0, 0.05) is 29.7 Å². The second-order valence-electron chi connectivity index (χ2n) is 9.01. The van der Waals surface area contributed by atoms with E-state index < -0.39 is 15.5 Å². The molecular weight excluding hydrogens is 528 g/mol. The molecule has 0 spiro atoms. The zero-order chi connectivity index (χ0) is 27.5. The Morgan fingerprint density at radius 2 is 1.82 bits per heavy atom. The summed E-state index contributed by atoms with van der Waals surface area (Å²) in [5.41, 5.74) is -0.219. The van der Waals surface area contributed by atoms with E-state index in [4.69, 9.17) is 21.3 Å². The second kappa shape index (κ2) is 11.0. The van der Waals surface area contributed by atoms with Crippen LogP contribution in [0.5, 0.6) is 11.6 Å². The summed E-state index contributed by atoms with van der Waals surface area (Å²) in [5.74, 6) is 0.223. The highest BCUT2D eigenvalue weighted by Crippen LogP contribution is 2.39. The summed E-state index contributed by atoms with van der Waals surface area (Å²) in [6.45, 7) is 0. The summed E-state index contributed by atoms with van der Waals surface area (Å²) in [7, 11) is 0. The minimum absolute atomic E-state index is 0.0658. The molecule has 0 bridgehead atoms. The van der Waals surface area contributed by atoms with E-state index in [2.05, 4.69) is 10.1 Å². The molecule has 0 amide bonds. The number of hydrogen-bond donors (Lipinski definition) is 0. The Bertz CT molecular complexity index is 1660. The first-order chi connectivity index (χ1) is 18.8. The molecule has 39 heavy (non-hydrogen) atoms. The predicted octanol–water partition coefficient (Wildman–Crippen LogP) is 5.98. The monoisotopic (exact) mass is 548 g/mol. The van der Waals surface area contributed by atoms with Gasteiger partial charge in [0.1, 0.15) is 12.0 Å². The standard InChI is InChI=1S/C26H21ClN6O6/c27-20-12-16(13-22(33(37)38)24(20)39-23-11-10-18(15-28-23)32(35)36)14-29-31-25(17-6-2-1-3-7-17)30-21-9-5-4-8-19(21)26(31)34/h4-5,8-15,17H,1-3,6-7H2. The molecule has 4 aromatic rings. The van der Waals surface area contributed by atoms with Crippen molar-refractivity contribution in [3.8, 4) is 11.6 Å². The summed E-state index contributed by atoms with van der Waals surface area (Å²) in [4.78, 5) is 43.3. The van der Waals surface area contributed by atoms with E-state index in [1.165, 1.54) is 29.1 Å². The van der Waals surface area contributed by atoms with Gasteiger partial charge in [-0.25, -0.2) is 9.97 Å². The molecule has 2 heterocycles.